The third kappa shape index (κ3) is 4.91. The number of aliphatic imine (C=N–C) groups is 1. The van der Waals surface area contributed by atoms with Crippen molar-refractivity contribution in [3.63, 3.8) is 0 Å². The van der Waals surface area contributed by atoms with Crippen LogP contribution < -0.4 is 20.1 Å². The van der Waals surface area contributed by atoms with Crippen molar-refractivity contribution in [1.82, 2.24) is 15.5 Å². The Kier molecular flexibility index (Phi) is 6.35. The number of guanidine groups is 1. The maximum Gasteiger partial charge on any atom is 0.195 e. The lowest BCUT2D eigenvalue weighted by atomic mass is 10.1. The molecule has 0 fully saturated rings. The number of aryl methyl sites for hydroxylation is 2. The molecule has 3 rings (SSSR count). The molecule has 1 aliphatic rings. The van der Waals surface area contributed by atoms with Crippen LogP contribution in [0.4, 0.5) is 5.69 Å². The van der Waals surface area contributed by atoms with E-state index in [0.717, 1.165) is 61.2 Å². The lowest BCUT2D eigenvalue weighted by Gasteiger charge is -2.13. The molecule has 1 aromatic heterocycles. The number of anilines is 1. The topological polar surface area (TPSA) is 83.6 Å². The van der Waals surface area contributed by atoms with Crippen molar-refractivity contribution in [2.75, 3.05) is 31.6 Å². The van der Waals surface area contributed by atoms with E-state index in [-0.39, 0.29) is 0 Å². The van der Waals surface area contributed by atoms with Crippen molar-refractivity contribution in [3.8, 4) is 11.5 Å². The van der Waals surface area contributed by atoms with E-state index in [1.54, 1.807) is 0 Å². The van der Waals surface area contributed by atoms with Crippen LogP contribution in [0, 0.1) is 6.92 Å². The third-order valence-corrected chi connectivity index (χ3v) is 4.16. The molecule has 3 N–H and O–H groups in total. The van der Waals surface area contributed by atoms with Gasteiger partial charge in [-0.1, -0.05) is 0 Å². The summed E-state index contributed by atoms with van der Waals surface area (Å²) in [6.45, 7) is 7.02. The van der Waals surface area contributed by atoms with E-state index in [0.29, 0.717) is 13.2 Å². The largest absolute Gasteiger partial charge is 0.490 e. The van der Waals surface area contributed by atoms with Gasteiger partial charge in [-0.05, 0) is 44.4 Å². The lowest BCUT2D eigenvalue weighted by Crippen LogP contribution is -2.30. The summed E-state index contributed by atoms with van der Waals surface area (Å²) in [4.78, 5) is 4.66. The average Bonchev–Trinajstić information content (AvgIpc) is 2.90. The zero-order chi connectivity index (χ0) is 18.2. The molecule has 26 heavy (non-hydrogen) atoms. The Morgan fingerprint density at radius 3 is 2.88 bits per heavy atom. The number of H-pyrrole nitrogens is 1. The van der Waals surface area contributed by atoms with Crippen LogP contribution in [0.3, 0.4) is 0 Å². The van der Waals surface area contributed by atoms with Gasteiger partial charge < -0.3 is 20.1 Å². The van der Waals surface area contributed by atoms with E-state index < -0.39 is 0 Å². The number of aromatic amines is 1. The Hall–Kier alpha value is -2.70. The van der Waals surface area contributed by atoms with E-state index >= 15 is 0 Å². The molecular weight excluding hydrogens is 330 g/mol. The first kappa shape index (κ1) is 18.1. The Labute approximate surface area is 154 Å². The van der Waals surface area contributed by atoms with E-state index in [9.17, 15) is 0 Å². The predicted octanol–water partition coefficient (Wildman–Crippen LogP) is 2.89. The third-order valence-electron chi connectivity index (χ3n) is 4.16. The number of hydrogen-bond acceptors (Lipinski definition) is 4. The number of nitrogens with zero attached hydrogens (tertiary/aromatic N) is 2. The van der Waals surface area contributed by atoms with Crippen LogP contribution in [0.1, 0.15) is 31.0 Å². The molecule has 7 nitrogen and oxygen atoms in total. The summed E-state index contributed by atoms with van der Waals surface area (Å²) in [5.74, 6) is 2.34. The molecule has 2 aromatic rings. The highest BCUT2D eigenvalue weighted by atomic mass is 16.5. The predicted molar refractivity (Wildman–Crippen MR) is 103 cm³/mol. The summed E-state index contributed by atoms with van der Waals surface area (Å²) >= 11 is 0. The van der Waals surface area contributed by atoms with Gasteiger partial charge in [0.2, 0.25) is 0 Å². The Balaban J connectivity index is 1.58. The SMILES string of the molecule is CCNC(=NCCCc1cn[nH]c1C)Nc1ccc2c(c1)OCCCO2. The van der Waals surface area contributed by atoms with Crippen molar-refractivity contribution in [2.24, 2.45) is 4.99 Å². The van der Waals surface area contributed by atoms with E-state index in [1.165, 1.54) is 5.56 Å². The molecule has 0 saturated heterocycles. The fourth-order valence-electron chi connectivity index (χ4n) is 2.77. The molecule has 0 spiro atoms. The Bertz CT molecular complexity index is 741. The number of benzene rings is 1. The average molecular weight is 357 g/mol. The molecule has 1 aromatic carbocycles. The van der Waals surface area contributed by atoms with Crippen molar-refractivity contribution < 1.29 is 9.47 Å². The summed E-state index contributed by atoms with van der Waals surface area (Å²) in [6.07, 6.45) is 4.73. The first-order chi connectivity index (χ1) is 12.8. The minimum atomic E-state index is 0.679. The molecule has 2 heterocycles. The maximum atomic E-state index is 5.75. The summed E-state index contributed by atoms with van der Waals surface area (Å²) in [5, 5.41) is 13.6. The monoisotopic (exact) mass is 357 g/mol. The standard InChI is InChI=1S/C19H27N5O2/c1-3-20-19(21-9-4-6-15-13-22-24-14(15)2)23-16-7-8-17-18(12-16)26-11-5-10-25-17/h7-8,12-13H,3-6,9-11H2,1-2H3,(H,22,24)(H2,20,21,23). The lowest BCUT2D eigenvalue weighted by molar-refractivity contribution is 0.297. The van der Waals surface area contributed by atoms with Gasteiger partial charge in [0, 0.05) is 37.0 Å². The smallest absolute Gasteiger partial charge is 0.195 e. The first-order valence-corrected chi connectivity index (χ1v) is 9.20. The molecule has 0 amide bonds. The number of ether oxygens (including phenoxy) is 2. The Morgan fingerprint density at radius 1 is 1.27 bits per heavy atom. The van der Waals surface area contributed by atoms with Crippen molar-refractivity contribution in [2.45, 2.75) is 33.1 Å². The zero-order valence-corrected chi connectivity index (χ0v) is 15.5. The number of rotatable bonds is 6. The van der Waals surface area contributed by atoms with Crippen LogP contribution in [-0.2, 0) is 6.42 Å². The number of aromatic nitrogens is 2. The Morgan fingerprint density at radius 2 is 2.12 bits per heavy atom. The second-order valence-corrected chi connectivity index (χ2v) is 6.22. The summed E-state index contributed by atoms with van der Waals surface area (Å²) in [5.41, 5.74) is 3.31. The molecule has 0 aliphatic carbocycles. The van der Waals surface area contributed by atoms with Crippen LogP contribution in [0.25, 0.3) is 0 Å². The molecular formula is C19H27N5O2. The van der Waals surface area contributed by atoms with Gasteiger partial charge in [-0.25, -0.2) is 0 Å². The summed E-state index contributed by atoms with van der Waals surface area (Å²) in [7, 11) is 0. The molecule has 0 atom stereocenters. The normalized spacial score (nSPS) is 14.0. The van der Waals surface area contributed by atoms with E-state index in [1.807, 2.05) is 31.3 Å². The van der Waals surface area contributed by atoms with Crippen LogP contribution in [0.2, 0.25) is 0 Å². The van der Waals surface area contributed by atoms with Crippen molar-refractivity contribution in [1.29, 1.82) is 0 Å². The number of nitrogens with one attached hydrogen (secondary N) is 3. The molecule has 0 unspecified atom stereocenters. The fraction of sp³-hybridized carbons (Fsp3) is 0.474. The van der Waals surface area contributed by atoms with E-state index in [4.69, 9.17) is 9.47 Å². The highest BCUT2D eigenvalue weighted by Gasteiger charge is 2.11. The minimum absolute atomic E-state index is 0.679. The van der Waals surface area contributed by atoms with Crippen LogP contribution in [0.5, 0.6) is 11.5 Å². The summed E-state index contributed by atoms with van der Waals surface area (Å²) in [6, 6.07) is 5.88. The van der Waals surface area contributed by atoms with Crippen LogP contribution in [0.15, 0.2) is 29.4 Å². The zero-order valence-electron chi connectivity index (χ0n) is 15.5. The molecule has 0 saturated carbocycles. The van der Waals surface area contributed by atoms with Crippen molar-refractivity contribution in [3.05, 3.63) is 35.7 Å². The highest BCUT2D eigenvalue weighted by molar-refractivity contribution is 5.93. The van der Waals surface area contributed by atoms with Gasteiger partial charge in [-0.2, -0.15) is 5.10 Å². The summed E-state index contributed by atoms with van der Waals surface area (Å²) < 4.78 is 11.4. The van der Waals surface area contributed by atoms with Gasteiger partial charge in [-0.3, -0.25) is 10.1 Å². The maximum absolute atomic E-state index is 5.75. The van der Waals surface area contributed by atoms with Gasteiger partial charge in [0.25, 0.3) is 0 Å². The van der Waals surface area contributed by atoms with Gasteiger partial charge in [-0.15, -0.1) is 0 Å². The van der Waals surface area contributed by atoms with Crippen LogP contribution >= 0.6 is 0 Å². The van der Waals surface area contributed by atoms with Gasteiger partial charge in [0.05, 0.1) is 19.4 Å². The molecule has 140 valence electrons. The second-order valence-electron chi connectivity index (χ2n) is 6.22. The molecule has 7 heteroatoms. The molecule has 0 radical (unpaired) electrons. The number of fused-ring (bicyclic) bond motifs is 1. The highest BCUT2D eigenvalue weighted by Crippen LogP contribution is 2.32. The first-order valence-electron chi connectivity index (χ1n) is 9.20. The quantitative estimate of drug-likeness (QED) is 0.421. The minimum Gasteiger partial charge on any atom is -0.490 e. The van der Waals surface area contributed by atoms with Gasteiger partial charge in [0.1, 0.15) is 0 Å². The van der Waals surface area contributed by atoms with Crippen LogP contribution in [-0.4, -0.2) is 42.5 Å². The fourth-order valence-corrected chi connectivity index (χ4v) is 2.77. The van der Waals surface area contributed by atoms with Gasteiger partial charge in [0.15, 0.2) is 17.5 Å². The number of hydrogen-bond donors (Lipinski definition) is 3. The molecule has 0 bridgehead atoms. The van der Waals surface area contributed by atoms with Gasteiger partial charge >= 0.3 is 0 Å². The molecule has 1 aliphatic heterocycles. The van der Waals surface area contributed by atoms with E-state index in [2.05, 4.69) is 32.7 Å². The van der Waals surface area contributed by atoms with Crippen molar-refractivity contribution >= 4 is 11.6 Å². The second kappa shape index (κ2) is 9.12.